The predicted molar refractivity (Wildman–Crippen MR) is 83.9 cm³/mol. The Bertz CT molecular complexity index is 638. The fourth-order valence-electron chi connectivity index (χ4n) is 1.70. The van der Waals surface area contributed by atoms with Gasteiger partial charge in [0.2, 0.25) is 0 Å². The first-order chi connectivity index (χ1) is 10.2. The number of carbonyl (C=O) groups is 1. The fraction of sp³-hybridized carbons (Fsp3) is 0.214. The number of esters is 1. The Kier molecular flexibility index (Phi) is 5.41. The molecule has 7 heteroatoms. The minimum Gasteiger partial charge on any atom is -0.465 e. The molecule has 0 unspecified atom stereocenters. The summed E-state index contributed by atoms with van der Waals surface area (Å²) in [6.45, 7) is 0.520. The lowest BCUT2D eigenvalue weighted by molar-refractivity contribution is 0.0601. The molecule has 110 valence electrons. The van der Waals surface area contributed by atoms with E-state index in [2.05, 4.69) is 15.3 Å². The summed E-state index contributed by atoms with van der Waals surface area (Å²) in [7, 11) is 1.29. The summed E-state index contributed by atoms with van der Waals surface area (Å²) in [6, 6.07) is 9.78. The fourth-order valence-corrected chi connectivity index (χ4v) is 2.36. The zero-order valence-electron chi connectivity index (χ0n) is 11.6. The number of hydrogen-bond acceptors (Lipinski definition) is 6. The first kappa shape index (κ1) is 15.6. The summed E-state index contributed by atoms with van der Waals surface area (Å²) in [6.07, 6.45) is 1.84. The second-order valence-corrected chi connectivity index (χ2v) is 5.19. The van der Waals surface area contributed by atoms with Crippen LogP contribution in [0.4, 0.5) is 5.82 Å². The van der Waals surface area contributed by atoms with Crippen LogP contribution in [0.5, 0.6) is 0 Å². The highest BCUT2D eigenvalue weighted by Crippen LogP contribution is 2.25. The van der Waals surface area contributed by atoms with Gasteiger partial charge in [0.05, 0.1) is 7.11 Å². The number of nitrogens with one attached hydrogen (secondary N) is 1. The van der Waals surface area contributed by atoms with Crippen LogP contribution in [0.3, 0.4) is 0 Å². The summed E-state index contributed by atoms with van der Waals surface area (Å²) in [5.74, 6) is -0.196. The van der Waals surface area contributed by atoms with Gasteiger partial charge in [0.25, 0.3) is 0 Å². The lowest BCUT2D eigenvalue weighted by atomic mass is 10.2. The van der Waals surface area contributed by atoms with Gasteiger partial charge in [-0.2, -0.15) is 0 Å². The third kappa shape index (κ3) is 3.86. The SMILES string of the molecule is COC(=O)c1c(Cl)nc(SC)nc1NCc1ccccc1. The van der Waals surface area contributed by atoms with Crippen molar-refractivity contribution in [2.24, 2.45) is 0 Å². The molecule has 2 aromatic rings. The lowest BCUT2D eigenvalue weighted by Gasteiger charge is -2.12. The van der Waals surface area contributed by atoms with Crippen LogP contribution >= 0.6 is 23.4 Å². The number of methoxy groups -OCH3 is 1. The molecule has 0 aliphatic rings. The number of aromatic nitrogens is 2. The van der Waals surface area contributed by atoms with Gasteiger partial charge in [-0.25, -0.2) is 14.8 Å². The number of carbonyl (C=O) groups excluding carboxylic acids is 1. The number of benzene rings is 1. The van der Waals surface area contributed by atoms with Crippen molar-refractivity contribution in [2.45, 2.75) is 11.7 Å². The number of hydrogen-bond donors (Lipinski definition) is 1. The van der Waals surface area contributed by atoms with Crippen molar-refractivity contribution < 1.29 is 9.53 Å². The van der Waals surface area contributed by atoms with E-state index in [0.29, 0.717) is 17.5 Å². The first-order valence-corrected chi connectivity index (χ1v) is 7.73. The van der Waals surface area contributed by atoms with Crippen LogP contribution in [0.2, 0.25) is 5.15 Å². The molecule has 21 heavy (non-hydrogen) atoms. The molecule has 0 atom stereocenters. The van der Waals surface area contributed by atoms with Gasteiger partial charge in [-0.3, -0.25) is 0 Å². The van der Waals surface area contributed by atoms with Crippen molar-refractivity contribution in [3.63, 3.8) is 0 Å². The average molecular weight is 324 g/mol. The van der Waals surface area contributed by atoms with Crippen molar-refractivity contribution in [1.29, 1.82) is 0 Å². The monoisotopic (exact) mass is 323 g/mol. The molecule has 1 heterocycles. The molecular weight excluding hydrogens is 310 g/mol. The summed E-state index contributed by atoms with van der Waals surface area (Å²) in [5, 5.41) is 3.68. The number of ether oxygens (including phenoxy) is 1. The van der Waals surface area contributed by atoms with Gasteiger partial charge in [0, 0.05) is 6.54 Å². The minimum absolute atomic E-state index is 0.0803. The lowest BCUT2D eigenvalue weighted by Crippen LogP contribution is -2.12. The summed E-state index contributed by atoms with van der Waals surface area (Å²) in [4.78, 5) is 20.2. The van der Waals surface area contributed by atoms with Crippen LogP contribution in [-0.4, -0.2) is 29.3 Å². The molecule has 1 aromatic heterocycles. The van der Waals surface area contributed by atoms with Crippen LogP contribution in [-0.2, 0) is 11.3 Å². The zero-order chi connectivity index (χ0) is 15.2. The highest BCUT2D eigenvalue weighted by atomic mass is 35.5. The molecular formula is C14H14ClN3O2S. The average Bonchev–Trinajstić information content (AvgIpc) is 2.52. The van der Waals surface area contributed by atoms with Gasteiger partial charge in [0.15, 0.2) is 5.16 Å². The van der Waals surface area contributed by atoms with Crippen molar-refractivity contribution in [3.8, 4) is 0 Å². The molecule has 0 radical (unpaired) electrons. The first-order valence-electron chi connectivity index (χ1n) is 6.13. The van der Waals surface area contributed by atoms with Gasteiger partial charge in [0.1, 0.15) is 16.5 Å². The van der Waals surface area contributed by atoms with E-state index >= 15 is 0 Å². The molecule has 5 nitrogen and oxygen atoms in total. The van der Waals surface area contributed by atoms with E-state index in [1.165, 1.54) is 18.9 Å². The number of thioether (sulfide) groups is 1. The third-order valence-corrected chi connectivity index (χ3v) is 3.54. The highest BCUT2D eigenvalue weighted by molar-refractivity contribution is 7.98. The van der Waals surface area contributed by atoms with E-state index in [0.717, 1.165) is 5.56 Å². The van der Waals surface area contributed by atoms with Crippen LogP contribution < -0.4 is 5.32 Å². The Balaban J connectivity index is 2.31. The van der Waals surface area contributed by atoms with Crippen molar-refractivity contribution in [1.82, 2.24) is 9.97 Å². The quantitative estimate of drug-likeness (QED) is 0.394. The van der Waals surface area contributed by atoms with Crippen molar-refractivity contribution >= 4 is 35.1 Å². The standard InChI is InChI=1S/C14H14ClN3O2S/c1-20-13(19)10-11(15)17-14(21-2)18-12(10)16-8-9-6-4-3-5-7-9/h3-7H,8H2,1-2H3,(H,16,17,18). The molecule has 0 bridgehead atoms. The molecule has 2 rings (SSSR count). The van der Waals surface area contributed by atoms with Gasteiger partial charge < -0.3 is 10.1 Å². The van der Waals surface area contributed by atoms with Gasteiger partial charge in [-0.1, -0.05) is 53.7 Å². The number of rotatable bonds is 5. The maximum absolute atomic E-state index is 11.8. The smallest absolute Gasteiger partial charge is 0.344 e. The normalized spacial score (nSPS) is 10.2. The maximum atomic E-state index is 11.8. The minimum atomic E-state index is -0.566. The Hall–Kier alpha value is -1.79. The summed E-state index contributed by atoms with van der Waals surface area (Å²) >= 11 is 7.41. The molecule has 1 N–H and O–H groups in total. The number of anilines is 1. The number of nitrogens with zero attached hydrogens (tertiary/aromatic N) is 2. The van der Waals surface area contributed by atoms with Crippen molar-refractivity contribution in [2.75, 3.05) is 18.7 Å². The molecule has 0 amide bonds. The largest absolute Gasteiger partial charge is 0.465 e. The second kappa shape index (κ2) is 7.28. The molecule has 0 aliphatic heterocycles. The second-order valence-electron chi connectivity index (χ2n) is 4.06. The molecule has 0 fully saturated rings. The van der Waals surface area contributed by atoms with E-state index in [1.54, 1.807) is 0 Å². The molecule has 1 aromatic carbocycles. The van der Waals surface area contributed by atoms with E-state index in [-0.39, 0.29) is 10.7 Å². The Morgan fingerprint density at radius 1 is 1.33 bits per heavy atom. The summed E-state index contributed by atoms with van der Waals surface area (Å²) in [5.41, 5.74) is 1.21. The van der Waals surface area contributed by atoms with E-state index in [1.807, 2.05) is 36.6 Å². The molecule has 0 aliphatic carbocycles. The molecule has 0 saturated heterocycles. The van der Waals surface area contributed by atoms with Gasteiger partial charge in [-0.05, 0) is 11.8 Å². The Morgan fingerprint density at radius 3 is 2.67 bits per heavy atom. The van der Waals surface area contributed by atoms with E-state index in [9.17, 15) is 4.79 Å². The van der Waals surface area contributed by atoms with Crippen LogP contribution in [0, 0.1) is 0 Å². The van der Waals surface area contributed by atoms with Crippen LogP contribution in [0.1, 0.15) is 15.9 Å². The maximum Gasteiger partial charge on any atom is 0.344 e. The third-order valence-electron chi connectivity index (χ3n) is 2.72. The predicted octanol–water partition coefficient (Wildman–Crippen LogP) is 3.25. The number of halogens is 1. The van der Waals surface area contributed by atoms with E-state index in [4.69, 9.17) is 16.3 Å². The van der Waals surface area contributed by atoms with Crippen LogP contribution in [0.25, 0.3) is 0 Å². The summed E-state index contributed by atoms with van der Waals surface area (Å²) < 4.78 is 4.73. The molecule has 0 spiro atoms. The van der Waals surface area contributed by atoms with Gasteiger partial charge >= 0.3 is 5.97 Å². The van der Waals surface area contributed by atoms with Crippen LogP contribution in [0.15, 0.2) is 35.5 Å². The molecule has 0 saturated carbocycles. The van der Waals surface area contributed by atoms with Gasteiger partial charge in [-0.15, -0.1) is 0 Å². The Labute approximate surface area is 132 Å². The topological polar surface area (TPSA) is 64.1 Å². The van der Waals surface area contributed by atoms with E-state index < -0.39 is 5.97 Å². The van der Waals surface area contributed by atoms with Crippen molar-refractivity contribution in [3.05, 3.63) is 46.6 Å². The zero-order valence-corrected chi connectivity index (χ0v) is 13.2. The highest BCUT2D eigenvalue weighted by Gasteiger charge is 2.20. The Morgan fingerprint density at radius 2 is 2.05 bits per heavy atom.